The van der Waals surface area contributed by atoms with Crippen LogP contribution in [0.25, 0.3) is 0 Å². The molecule has 1 saturated carbocycles. The first-order chi connectivity index (χ1) is 6.31. The molecule has 74 valence electrons. The molecule has 0 unspecified atom stereocenters. The van der Waals surface area contributed by atoms with Crippen molar-refractivity contribution in [2.45, 2.75) is 38.6 Å². The first kappa shape index (κ1) is 8.85. The van der Waals surface area contributed by atoms with Gasteiger partial charge in [-0.2, -0.15) is 0 Å². The summed E-state index contributed by atoms with van der Waals surface area (Å²) in [6.07, 6.45) is 4.40. The molecular weight excluding hydrogens is 166 g/mol. The van der Waals surface area contributed by atoms with Crippen LogP contribution in [0.2, 0.25) is 0 Å². The fourth-order valence-corrected chi connectivity index (χ4v) is 2.14. The highest BCUT2D eigenvalue weighted by molar-refractivity contribution is 5.69. The number of hydrogen-bond acceptors (Lipinski definition) is 2. The Morgan fingerprint density at radius 1 is 1.54 bits per heavy atom. The van der Waals surface area contributed by atoms with Crippen molar-refractivity contribution >= 4 is 6.09 Å². The van der Waals surface area contributed by atoms with Gasteiger partial charge in [0.15, 0.2) is 0 Å². The van der Waals surface area contributed by atoms with Gasteiger partial charge in [0, 0.05) is 12.6 Å². The molecule has 0 spiro atoms. The van der Waals surface area contributed by atoms with Crippen molar-refractivity contribution in [3.8, 4) is 0 Å². The van der Waals surface area contributed by atoms with Gasteiger partial charge in [-0.05, 0) is 25.2 Å². The fraction of sp³-hybridized carbons (Fsp3) is 0.900. The van der Waals surface area contributed by atoms with Crippen LogP contribution < -0.4 is 0 Å². The van der Waals surface area contributed by atoms with Crippen LogP contribution in [0.3, 0.4) is 0 Å². The molecule has 0 atom stereocenters. The second-order valence-corrected chi connectivity index (χ2v) is 4.11. The Balaban J connectivity index is 1.71. The number of ether oxygens (including phenoxy) is 1. The number of nitrogens with zero attached hydrogens (tertiary/aromatic N) is 1. The maximum Gasteiger partial charge on any atom is 0.410 e. The van der Waals surface area contributed by atoms with Crippen molar-refractivity contribution in [1.82, 2.24) is 4.90 Å². The molecule has 2 saturated heterocycles. The first-order valence-corrected chi connectivity index (χ1v) is 5.24. The monoisotopic (exact) mass is 183 g/mol. The molecule has 1 amide bonds. The summed E-state index contributed by atoms with van der Waals surface area (Å²) in [6.45, 7) is 3.62. The van der Waals surface area contributed by atoms with Gasteiger partial charge in [-0.25, -0.2) is 4.79 Å². The normalized spacial score (nSPS) is 30.1. The lowest BCUT2D eigenvalue weighted by Crippen LogP contribution is -2.34. The van der Waals surface area contributed by atoms with E-state index < -0.39 is 0 Å². The average Bonchev–Trinajstić information content (AvgIpc) is 2.60. The quantitative estimate of drug-likeness (QED) is 0.626. The highest BCUT2D eigenvalue weighted by atomic mass is 16.6. The average molecular weight is 183 g/mol. The van der Waals surface area contributed by atoms with Crippen LogP contribution in [0.1, 0.15) is 32.6 Å². The minimum absolute atomic E-state index is 0.0848. The number of fused-ring (bicyclic) bond motifs is 1. The van der Waals surface area contributed by atoms with Crippen LogP contribution in [0.4, 0.5) is 4.79 Å². The summed E-state index contributed by atoms with van der Waals surface area (Å²) in [5.74, 6) is 0.781. The molecule has 3 heteroatoms. The van der Waals surface area contributed by atoms with Crippen LogP contribution in [0.5, 0.6) is 0 Å². The molecule has 3 fully saturated rings. The van der Waals surface area contributed by atoms with Gasteiger partial charge in [-0.3, -0.25) is 0 Å². The molecule has 3 nitrogen and oxygen atoms in total. The predicted molar refractivity (Wildman–Crippen MR) is 49.5 cm³/mol. The number of amides is 1. The molecule has 3 rings (SSSR count). The van der Waals surface area contributed by atoms with Crippen LogP contribution in [0.15, 0.2) is 0 Å². The molecule has 3 aliphatic rings. The van der Waals surface area contributed by atoms with Crippen molar-refractivity contribution in [2.75, 3.05) is 13.2 Å². The zero-order chi connectivity index (χ0) is 9.26. The summed E-state index contributed by atoms with van der Waals surface area (Å²) in [6, 6.07) is 0.513. The summed E-state index contributed by atoms with van der Waals surface area (Å²) < 4.78 is 5.15. The van der Waals surface area contributed by atoms with Crippen molar-refractivity contribution in [3.63, 3.8) is 0 Å². The second-order valence-electron chi connectivity index (χ2n) is 4.11. The SMILES string of the molecule is CCCCOC(=O)N1CC2CC1C2. The number of unbranched alkanes of at least 4 members (excludes halogenated alkanes) is 1. The van der Waals surface area contributed by atoms with Crippen molar-refractivity contribution in [2.24, 2.45) is 5.92 Å². The molecule has 13 heavy (non-hydrogen) atoms. The molecule has 0 radical (unpaired) electrons. The smallest absolute Gasteiger partial charge is 0.410 e. The van der Waals surface area contributed by atoms with E-state index in [1.54, 1.807) is 0 Å². The zero-order valence-electron chi connectivity index (χ0n) is 8.16. The van der Waals surface area contributed by atoms with Crippen LogP contribution in [0, 0.1) is 5.92 Å². The van der Waals surface area contributed by atoms with E-state index in [2.05, 4.69) is 6.92 Å². The van der Waals surface area contributed by atoms with E-state index in [0.29, 0.717) is 12.6 Å². The molecule has 2 bridgehead atoms. The minimum atomic E-state index is -0.0848. The van der Waals surface area contributed by atoms with Gasteiger partial charge < -0.3 is 9.64 Å². The number of carbonyl (C=O) groups is 1. The summed E-state index contributed by atoms with van der Waals surface area (Å²) in [5.41, 5.74) is 0. The highest BCUT2D eigenvalue weighted by Crippen LogP contribution is 2.40. The maximum absolute atomic E-state index is 11.5. The van der Waals surface area contributed by atoms with E-state index in [1.807, 2.05) is 4.90 Å². The van der Waals surface area contributed by atoms with Crippen LogP contribution >= 0.6 is 0 Å². The fourth-order valence-electron chi connectivity index (χ4n) is 2.14. The Morgan fingerprint density at radius 2 is 2.31 bits per heavy atom. The van der Waals surface area contributed by atoms with Crippen molar-refractivity contribution < 1.29 is 9.53 Å². The van der Waals surface area contributed by atoms with Gasteiger partial charge in [-0.1, -0.05) is 13.3 Å². The van der Waals surface area contributed by atoms with Crippen LogP contribution in [-0.2, 0) is 4.74 Å². The van der Waals surface area contributed by atoms with E-state index in [0.717, 1.165) is 25.3 Å². The van der Waals surface area contributed by atoms with Gasteiger partial charge in [0.25, 0.3) is 0 Å². The van der Waals surface area contributed by atoms with E-state index in [9.17, 15) is 4.79 Å². The van der Waals surface area contributed by atoms with Crippen molar-refractivity contribution in [3.05, 3.63) is 0 Å². The number of hydrogen-bond donors (Lipinski definition) is 0. The third-order valence-corrected chi connectivity index (χ3v) is 3.06. The largest absolute Gasteiger partial charge is 0.449 e. The molecule has 2 aliphatic heterocycles. The zero-order valence-corrected chi connectivity index (χ0v) is 8.16. The van der Waals surface area contributed by atoms with Gasteiger partial charge in [0.1, 0.15) is 0 Å². The lowest BCUT2D eigenvalue weighted by atomic mass is 9.86. The number of rotatable bonds is 3. The topological polar surface area (TPSA) is 29.5 Å². The van der Waals surface area contributed by atoms with Gasteiger partial charge in [-0.15, -0.1) is 0 Å². The van der Waals surface area contributed by atoms with E-state index in [4.69, 9.17) is 4.74 Å². The molecule has 0 N–H and O–H groups in total. The Bertz CT molecular complexity index is 199. The molecule has 1 aliphatic carbocycles. The first-order valence-electron chi connectivity index (χ1n) is 5.24. The van der Waals surface area contributed by atoms with E-state index >= 15 is 0 Å². The summed E-state index contributed by atoms with van der Waals surface area (Å²) in [5, 5.41) is 0. The van der Waals surface area contributed by atoms with E-state index in [-0.39, 0.29) is 6.09 Å². The molecular formula is C10H17NO2. The summed E-state index contributed by atoms with van der Waals surface area (Å²) in [4.78, 5) is 13.4. The van der Waals surface area contributed by atoms with Crippen LogP contribution in [-0.4, -0.2) is 30.2 Å². The van der Waals surface area contributed by atoms with Gasteiger partial charge in [0.2, 0.25) is 0 Å². The lowest BCUT2D eigenvalue weighted by Gasteiger charge is -2.25. The lowest BCUT2D eigenvalue weighted by molar-refractivity contribution is 0.0997. The van der Waals surface area contributed by atoms with E-state index in [1.165, 1.54) is 12.8 Å². The van der Waals surface area contributed by atoms with Crippen molar-refractivity contribution in [1.29, 1.82) is 0 Å². The summed E-state index contributed by atoms with van der Waals surface area (Å²) in [7, 11) is 0. The highest BCUT2D eigenvalue weighted by Gasteiger charge is 2.45. The molecule has 0 aromatic rings. The predicted octanol–water partition coefficient (Wildman–Crippen LogP) is 2.02. The maximum atomic E-state index is 11.5. The standard InChI is InChI=1S/C10H17NO2/c1-2-3-4-13-10(12)11-7-8-5-9(11)6-8/h8-9H,2-7H2,1H3. The Hall–Kier alpha value is -0.730. The third kappa shape index (κ3) is 1.64. The van der Waals surface area contributed by atoms with Gasteiger partial charge in [0.05, 0.1) is 6.61 Å². The Labute approximate surface area is 79.0 Å². The Morgan fingerprint density at radius 3 is 2.85 bits per heavy atom. The molecule has 0 aromatic carbocycles. The second kappa shape index (κ2) is 3.56. The van der Waals surface area contributed by atoms with Gasteiger partial charge >= 0.3 is 6.09 Å². The minimum Gasteiger partial charge on any atom is -0.449 e. The third-order valence-electron chi connectivity index (χ3n) is 3.06. The summed E-state index contributed by atoms with van der Waals surface area (Å²) >= 11 is 0. The number of carbonyl (C=O) groups excluding carboxylic acids is 1. The molecule has 0 aromatic heterocycles. The Kier molecular flexibility index (Phi) is 2.42. The molecule has 2 heterocycles.